The van der Waals surface area contributed by atoms with Gasteiger partial charge in [0.2, 0.25) is 6.41 Å². The number of aromatic hydroxyl groups is 1. The average molecular weight is 195 g/mol. The van der Waals surface area contributed by atoms with Crippen molar-refractivity contribution in [3.63, 3.8) is 0 Å². The van der Waals surface area contributed by atoms with Gasteiger partial charge in [-0.1, -0.05) is 12.1 Å². The molecule has 5 heteroatoms. The number of para-hydroxylation sites is 2. The van der Waals surface area contributed by atoms with Crippen LogP contribution in [0.4, 0.5) is 5.69 Å². The molecule has 5 nitrogen and oxygen atoms in total. The van der Waals surface area contributed by atoms with Crippen molar-refractivity contribution in [2.24, 2.45) is 0 Å². The molecule has 2 N–H and O–H groups in total. The molecule has 1 aromatic carbocycles. The van der Waals surface area contributed by atoms with Gasteiger partial charge in [-0.3, -0.25) is 9.59 Å². The van der Waals surface area contributed by atoms with Gasteiger partial charge < -0.3 is 15.1 Å². The number of carboxylic acid groups (broad SMARTS) is 1. The predicted molar refractivity (Wildman–Crippen MR) is 49.2 cm³/mol. The summed E-state index contributed by atoms with van der Waals surface area (Å²) in [4.78, 5) is 21.8. The molecule has 1 aromatic rings. The van der Waals surface area contributed by atoms with E-state index in [9.17, 15) is 14.7 Å². The summed E-state index contributed by atoms with van der Waals surface area (Å²) in [5.41, 5.74) is 0.185. The molecule has 0 aliphatic carbocycles. The summed E-state index contributed by atoms with van der Waals surface area (Å²) in [6.45, 7) is -0.471. The van der Waals surface area contributed by atoms with Gasteiger partial charge in [0, 0.05) is 0 Å². The number of benzene rings is 1. The molecule has 0 saturated heterocycles. The van der Waals surface area contributed by atoms with E-state index in [4.69, 9.17) is 5.11 Å². The van der Waals surface area contributed by atoms with Crippen molar-refractivity contribution >= 4 is 18.1 Å². The Balaban J connectivity index is 2.94. The molecule has 14 heavy (non-hydrogen) atoms. The Kier molecular flexibility index (Phi) is 3.06. The quantitative estimate of drug-likeness (QED) is 0.683. The van der Waals surface area contributed by atoms with E-state index in [-0.39, 0.29) is 11.4 Å². The van der Waals surface area contributed by atoms with Gasteiger partial charge >= 0.3 is 5.97 Å². The zero-order valence-electron chi connectivity index (χ0n) is 7.25. The molecule has 0 bridgehead atoms. The third-order valence-electron chi connectivity index (χ3n) is 1.62. The number of hydrogen-bond acceptors (Lipinski definition) is 3. The smallest absolute Gasteiger partial charge is 0.323 e. The van der Waals surface area contributed by atoms with Crippen molar-refractivity contribution in [3.8, 4) is 5.75 Å². The molecule has 0 aliphatic heterocycles. The normalized spacial score (nSPS) is 9.43. The summed E-state index contributed by atoms with van der Waals surface area (Å²) < 4.78 is 0. The Labute approximate surface area is 80.2 Å². The second kappa shape index (κ2) is 4.27. The highest BCUT2D eigenvalue weighted by Crippen LogP contribution is 2.24. The monoisotopic (exact) mass is 195 g/mol. The third kappa shape index (κ3) is 2.22. The predicted octanol–water partition coefficient (Wildman–Crippen LogP) is 0.440. The summed E-state index contributed by atoms with van der Waals surface area (Å²) in [6.07, 6.45) is 0.364. The number of carbonyl (C=O) groups excluding carboxylic acids is 1. The highest BCUT2D eigenvalue weighted by Gasteiger charge is 2.12. The molecule has 0 radical (unpaired) electrons. The lowest BCUT2D eigenvalue weighted by Gasteiger charge is -2.15. The summed E-state index contributed by atoms with van der Waals surface area (Å²) in [5, 5.41) is 17.8. The second-order valence-corrected chi connectivity index (χ2v) is 2.62. The molecule has 0 atom stereocenters. The minimum absolute atomic E-state index is 0.124. The Hall–Kier alpha value is -2.04. The van der Waals surface area contributed by atoms with Crippen LogP contribution in [0.1, 0.15) is 0 Å². The molecule has 0 heterocycles. The first kappa shape index (κ1) is 10.0. The number of aliphatic carboxylic acids is 1. The minimum atomic E-state index is -1.14. The maximum absolute atomic E-state index is 10.5. The van der Waals surface area contributed by atoms with Gasteiger partial charge in [-0.25, -0.2) is 0 Å². The van der Waals surface area contributed by atoms with Crippen LogP contribution in [0.2, 0.25) is 0 Å². The highest BCUT2D eigenvalue weighted by atomic mass is 16.4. The second-order valence-electron chi connectivity index (χ2n) is 2.62. The van der Waals surface area contributed by atoms with Crippen LogP contribution in [0.25, 0.3) is 0 Å². The fourth-order valence-corrected chi connectivity index (χ4v) is 1.03. The Morgan fingerprint density at radius 1 is 1.43 bits per heavy atom. The first-order valence-electron chi connectivity index (χ1n) is 3.87. The van der Waals surface area contributed by atoms with Gasteiger partial charge in [0.25, 0.3) is 0 Å². The van der Waals surface area contributed by atoms with E-state index in [0.29, 0.717) is 6.41 Å². The maximum Gasteiger partial charge on any atom is 0.323 e. The number of carbonyl (C=O) groups is 2. The van der Waals surface area contributed by atoms with Crippen LogP contribution < -0.4 is 4.90 Å². The van der Waals surface area contributed by atoms with Gasteiger partial charge in [-0.15, -0.1) is 0 Å². The zero-order chi connectivity index (χ0) is 10.6. The van der Waals surface area contributed by atoms with E-state index in [2.05, 4.69) is 0 Å². The Morgan fingerprint density at radius 3 is 2.57 bits per heavy atom. The molecule has 0 spiro atoms. The van der Waals surface area contributed by atoms with Crippen molar-refractivity contribution in [3.05, 3.63) is 24.3 Å². The molecule has 1 rings (SSSR count). The standard InChI is InChI=1S/C9H9NO4/c11-6-10(5-9(13)14)7-3-1-2-4-8(7)12/h1-4,6,12H,5H2,(H,13,14). The van der Waals surface area contributed by atoms with Crippen molar-refractivity contribution in [1.29, 1.82) is 0 Å². The number of anilines is 1. The van der Waals surface area contributed by atoms with Crippen LogP contribution in [0.3, 0.4) is 0 Å². The van der Waals surface area contributed by atoms with Gasteiger partial charge in [0.1, 0.15) is 12.3 Å². The number of phenols is 1. The lowest BCUT2D eigenvalue weighted by atomic mass is 10.2. The SMILES string of the molecule is O=CN(CC(=O)O)c1ccccc1O. The molecule has 0 aromatic heterocycles. The van der Waals surface area contributed by atoms with Crippen LogP contribution in [-0.2, 0) is 9.59 Å². The maximum atomic E-state index is 10.5. The van der Waals surface area contributed by atoms with Crippen LogP contribution >= 0.6 is 0 Å². The van der Waals surface area contributed by atoms with Gasteiger partial charge in [0.05, 0.1) is 5.69 Å². The van der Waals surface area contributed by atoms with Crippen molar-refractivity contribution in [2.75, 3.05) is 11.4 Å². The minimum Gasteiger partial charge on any atom is -0.506 e. The van der Waals surface area contributed by atoms with Gasteiger partial charge in [-0.2, -0.15) is 0 Å². The number of carboxylic acids is 1. The van der Waals surface area contributed by atoms with E-state index >= 15 is 0 Å². The molecule has 0 saturated carbocycles. The average Bonchev–Trinajstić information content (AvgIpc) is 2.15. The van der Waals surface area contributed by atoms with Crippen LogP contribution in [0, 0.1) is 0 Å². The van der Waals surface area contributed by atoms with E-state index in [1.54, 1.807) is 12.1 Å². The number of nitrogens with zero attached hydrogens (tertiary/aromatic N) is 1. The van der Waals surface area contributed by atoms with Gasteiger partial charge in [0.15, 0.2) is 0 Å². The van der Waals surface area contributed by atoms with E-state index in [0.717, 1.165) is 4.90 Å². The summed E-state index contributed by atoms with van der Waals surface area (Å²) in [7, 11) is 0. The summed E-state index contributed by atoms with van der Waals surface area (Å²) >= 11 is 0. The Morgan fingerprint density at radius 2 is 2.07 bits per heavy atom. The number of rotatable bonds is 4. The van der Waals surface area contributed by atoms with E-state index < -0.39 is 12.5 Å². The number of hydrogen-bond donors (Lipinski definition) is 2. The molecule has 74 valence electrons. The van der Waals surface area contributed by atoms with Crippen LogP contribution in [-0.4, -0.2) is 29.1 Å². The van der Waals surface area contributed by atoms with E-state index in [1.165, 1.54) is 12.1 Å². The molecule has 1 amide bonds. The van der Waals surface area contributed by atoms with Crippen molar-refractivity contribution in [2.45, 2.75) is 0 Å². The lowest BCUT2D eigenvalue weighted by molar-refractivity contribution is -0.136. The van der Waals surface area contributed by atoms with Crippen molar-refractivity contribution < 1.29 is 19.8 Å². The first-order valence-corrected chi connectivity index (χ1v) is 3.87. The molecule has 0 aliphatic rings. The number of phenolic OH excluding ortho intramolecular Hbond substituents is 1. The zero-order valence-corrected chi connectivity index (χ0v) is 7.25. The topological polar surface area (TPSA) is 77.8 Å². The van der Waals surface area contributed by atoms with Crippen LogP contribution in [0.5, 0.6) is 5.75 Å². The van der Waals surface area contributed by atoms with Crippen LogP contribution in [0.15, 0.2) is 24.3 Å². The highest BCUT2D eigenvalue weighted by molar-refractivity contribution is 5.86. The third-order valence-corrected chi connectivity index (χ3v) is 1.62. The van der Waals surface area contributed by atoms with E-state index in [1.807, 2.05) is 0 Å². The lowest BCUT2D eigenvalue weighted by Crippen LogP contribution is -2.28. The molecular weight excluding hydrogens is 186 g/mol. The molecular formula is C9H9NO4. The van der Waals surface area contributed by atoms with Gasteiger partial charge in [-0.05, 0) is 12.1 Å². The van der Waals surface area contributed by atoms with Crippen molar-refractivity contribution in [1.82, 2.24) is 0 Å². The molecule has 0 fully saturated rings. The summed E-state index contributed by atoms with van der Waals surface area (Å²) in [6, 6.07) is 6.04. The fourth-order valence-electron chi connectivity index (χ4n) is 1.03. The Bertz CT molecular complexity index is 350. The molecule has 0 unspecified atom stereocenters. The first-order chi connectivity index (χ1) is 6.65. The number of amides is 1. The largest absolute Gasteiger partial charge is 0.506 e. The summed E-state index contributed by atoms with van der Waals surface area (Å²) in [5.74, 6) is -1.26. The fraction of sp³-hybridized carbons (Fsp3) is 0.111.